The van der Waals surface area contributed by atoms with Gasteiger partial charge < -0.3 is 0 Å². The van der Waals surface area contributed by atoms with E-state index in [1.807, 2.05) is 6.07 Å². The Bertz CT molecular complexity index is 692. The Morgan fingerprint density at radius 1 is 0.579 bits per heavy atom. The van der Waals surface area contributed by atoms with E-state index in [9.17, 15) is 9.90 Å². The van der Waals surface area contributed by atoms with Crippen molar-refractivity contribution in [3.8, 4) is 0 Å². The summed E-state index contributed by atoms with van der Waals surface area (Å²) in [6, 6.07) is 6.64. The van der Waals surface area contributed by atoms with Crippen molar-refractivity contribution >= 4 is 27.9 Å². The molecule has 0 saturated heterocycles. The summed E-state index contributed by atoms with van der Waals surface area (Å²) in [4.78, 5) is 12.1. The first kappa shape index (κ1) is 35.5. The maximum absolute atomic E-state index is 12.1. The third-order valence-corrected chi connectivity index (χ3v) is 24.4. The Labute approximate surface area is 242 Å². The van der Waals surface area contributed by atoms with Gasteiger partial charge in [0.1, 0.15) is 0 Å². The summed E-state index contributed by atoms with van der Waals surface area (Å²) in [6.45, 7) is 9.26. The molecule has 0 atom stereocenters. The molecule has 220 valence electrons. The molecule has 0 heterocycles. The number of carboxylic acids is 1. The molecule has 0 fully saturated rings. The number of aryl methyl sites for hydroxylation is 1. The second kappa shape index (κ2) is 23.2. The number of hydrogen-bond donors (Lipinski definition) is 1. The Balaban J connectivity index is 2.60. The molecule has 0 aromatic heterocycles. The van der Waals surface area contributed by atoms with Gasteiger partial charge in [-0.1, -0.05) is 45.4 Å². The van der Waals surface area contributed by atoms with Crippen LogP contribution in [0.25, 0.3) is 0 Å². The fourth-order valence-corrected chi connectivity index (χ4v) is 22.3. The summed E-state index contributed by atoms with van der Waals surface area (Å²) in [6.07, 6.45) is 27.8. The standard InChI is InChI=1S/C23H37O2.3C4H9.Sn/c1-2-3-4-5-6-7-8-9-10-11-12-13-14-15-18-21-19-16-17-20-22(21)23(24)25;3*1-3-4-2;/h17,19-20H,2-15,18H2,1H3,(H,24,25);3*1,3-4H2,2H3;. The van der Waals surface area contributed by atoms with E-state index in [0.717, 1.165) is 18.4 Å². The predicted octanol–water partition coefficient (Wildman–Crippen LogP) is 11.5. The third kappa shape index (κ3) is 14.8. The van der Waals surface area contributed by atoms with Gasteiger partial charge in [0, 0.05) is 0 Å². The van der Waals surface area contributed by atoms with Crippen molar-refractivity contribution in [1.29, 1.82) is 0 Å². The van der Waals surface area contributed by atoms with E-state index in [1.165, 1.54) is 135 Å². The second-order valence-electron chi connectivity index (χ2n) is 12.1. The number of aromatic carboxylic acids is 1. The normalized spacial score (nSPS) is 11.8. The van der Waals surface area contributed by atoms with Crippen molar-refractivity contribution in [2.45, 2.75) is 176 Å². The van der Waals surface area contributed by atoms with Gasteiger partial charge in [0.15, 0.2) is 0 Å². The van der Waals surface area contributed by atoms with Crippen LogP contribution in [0.2, 0.25) is 13.3 Å². The molecule has 1 N–H and O–H groups in total. The first-order chi connectivity index (χ1) is 18.5. The summed E-state index contributed by atoms with van der Waals surface area (Å²) in [5.74, 6) is -0.742. The first-order valence-corrected chi connectivity index (χ1v) is 24.4. The van der Waals surface area contributed by atoms with Crippen molar-refractivity contribution in [3.05, 3.63) is 29.3 Å². The van der Waals surface area contributed by atoms with Crippen molar-refractivity contribution in [2.75, 3.05) is 0 Å². The van der Waals surface area contributed by atoms with E-state index < -0.39 is 24.3 Å². The first-order valence-electron chi connectivity index (χ1n) is 16.9. The molecule has 0 aliphatic rings. The van der Waals surface area contributed by atoms with Crippen molar-refractivity contribution in [1.82, 2.24) is 0 Å². The molecule has 38 heavy (non-hydrogen) atoms. The number of carboxylic acid groups (broad SMARTS) is 1. The van der Waals surface area contributed by atoms with E-state index in [0.29, 0.717) is 5.56 Å². The van der Waals surface area contributed by atoms with Gasteiger partial charge in [-0.3, -0.25) is 0 Å². The zero-order chi connectivity index (χ0) is 27.9. The fourth-order valence-electron chi connectivity index (χ4n) is 6.20. The Morgan fingerprint density at radius 2 is 0.974 bits per heavy atom. The van der Waals surface area contributed by atoms with Gasteiger partial charge in [0.2, 0.25) is 0 Å². The van der Waals surface area contributed by atoms with Crippen LogP contribution in [-0.2, 0) is 6.42 Å². The van der Waals surface area contributed by atoms with E-state index in [-0.39, 0.29) is 0 Å². The number of hydrogen-bond acceptors (Lipinski definition) is 1. The summed E-state index contributed by atoms with van der Waals surface area (Å²) in [5.41, 5.74) is 1.68. The predicted molar refractivity (Wildman–Crippen MR) is 172 cm³/mol. The van der Waals surface area contributed by atoms with Crippen LogP contribution >= 0.6 is 0 Å². The molecular weight excluding hydrogens is 571 g/mol. The van der Waals surface area contributed by atoms with E-state index in [1.54, 1.807) is 3.58 Å². The quantitative estimate of drug-likeness (QED) is 0.0812. The Morgan fingerprint density at radius 3 is 1.37 bits per heavy atom. The summed E-state index contributed by atoms with van der Waals surface area (Å²) in [5, 5.41) is 9.92. The van der Waals surface area contributed by atoms with Crippen LogP contribution in [0.3, 0.4) is 0 Å². The van der Waals surface area contributed by atoms with E-state index in [2.05, 4.69) is 39.8 Å². The SMILES string of the molecule is CCCCCCCCCCCCCCCCc1c[c]([Sn]([CH2]CCC)([CH2]CCC)[CH2]CCC)ccc1C(=O)O. The molecule has 3 heteroatoms. The molecule has 0 amide bonds. The van der Waals surface area contributed by atoms with Crippen molar-refractivity contribution < 1.29 is 9.90 Å². The molecule has 0 bridgehead atoms. The van der Waals surface area contributed by atoms with Crippen molar-refractivity contribution in [2.24, 2.45) is 0 Å². The molecule has 2 nitrogen and oxygen atoms in total. The zero-order valence-corrected chi connectivity index (χ0v) is 28.9. The molecular formula is C35H64O2Sn. The molecule has 0 spiro atoms. The fraction of sp³-hybridized carbons (Fsp3) is 0.800. The van der Waals surface area contributed by atoms with Gasteiger partial charge >= 0.3 is 198 Å². The van der Waals surface area contributed by atoms with Gasteiger partial charge in [-0.15, -0.1) is 0 Å². The van der Waals surface area contributed by atoms with Crippen LogP contribution in [0.5, 0.6) is 0 Å². The van der Waals surface area contributed by atoms with Gasteiger partial charge in [-0.05, 0) is 0 Å². The molecule has 0 aliphatic carbocycles. The number of unbranched alkanes of at least 4 members (excludes halogenated alkanes) is 16. The summed E-state index contributed by atoms with van der Waals surface area (Å²) in [7, 11) is 0. The van der Waals surface area contributed by atoms with Crippen LogP contribution < -0.4 is 3.58 Å². The van der Waals surface area contributed by atoms with Crippen LogP contribution in [0.1, 0.15) is 172 Å². The molecule has 1 aromatic carbocycles. The molecule has 0 unspecified atom stereocenters. The summed E-state index contributed by atoms with van der Waals surface area (Å²) >= 11 is -2.53. The van der Waals surface area contributed by atoms with E-state index >= 15 is 0 Å². The molecule has 0 radical (unpaired) electrons. The molecule has 0 aliphatic heterocycles. The van der Waals surface area contributed by atoms with Crippen molar-refractivity contribution in [3.63, 3.8) is 0 Å². The number of rotatable bonds is 26. The average molecular weight is 636 g/mol. The van der Waals surface area contributed by atoms with Crippen LogP contribution in [0, 0.1) is 0 Å². The van der Waals surface area contributed by atoms with Crippen LogP contribution in [-0.4, -0.2) is 29.5 Å². The molecule has 1 aromatic rings. The average Bonchev–Trinajstić information content (AvgIpc) is 2.93. The maximum atomic E-state index is 12.1. The second-order valence-corrected chi connectivity index (χ2v) is 25.4. The topological polar surface area (TPSA) is 37.3 Å². The summed E-state index contributed by atoms with van der Waals surface area (Å²) < 4.78 is 5.95. The zero-order valence-electron chi connectivity index (χ0n) is 26.1. The van der Waals surface area contributed by atoms with Crippen LogP contribution in [0.4, 0.5) is 0 Å². The Kier molecular flexibility index (Phi) is 21.7. The van der Waals surface area contributed by atoms with Gasteiger partial charge in [0.05, 0.1) is 0 Å². The minimum absolute atomic E-state index is 0.560. The van der Waals surface area contributed by atoms with Gasteiger partial charge in [0.25, 0.3) is 0 Å². The third-order valence-electron chi connectivity index (χ3n) is 8.77. The number of carbonyl (C=O) groups is 1. The molecule has 1 rings (SSSR count). The van der Waals surface area contributed by atoms with E-state index in [4.69, 9.17) is 0 Å². The molecule has 0 saturated carbocycles. The minimum atomic E-state index is -2.53. The Hall–Kier alpha value is -0.511. The monoisotopic (exact) mass is 636 g/mol. The van der Waals surface area contributed by atoms with Gasteiger partial charge in [-0.2, -0.15) is 0 Å². The van der Waals surface area contributed by atoms with Gasteiger partial charge in [-0.25, -0.2) is 0 Å². The van der Waals surface area contributed by atoms with Crippen LogP contribution in [0.15, 0.2) is 18.2 Å². The number of benzene rings is 1.